The fourth-order valence-corrected chi connectivity index (χ4v) is 3.97. The van der Waals surface area contributed by atoms with Crippen molar-refractivity contribution in [2.75, 3.05) is 40.6 Å². The van der Waals surface area contributed by atoms with E-state index in [1.165, 1.54) is 6.20 Å². The van der Waals surface area contributed by atoms with Crippen molar-refractivity contribution in [3.63, 3.8) is 0 Å². The van der Waals surface area contributed by atoms with Crippen molar-refractivity contribution in [2.45, 2.75) is 6.92 Å². The molecule has 2 heterocycles. The number of morpholine rings is 1. The molecule has 12 heteroatoms. The van der Waals surface area contributed by atoms with Crippen molar-refractivity contribution >= 4 is 52.3 Å². The Hall–Kier alpha value is -4.35. The number of ether oxygens (including phenoxy) is 1. The van der Waals surface area contributed by atoms with E-state index < -0.39 is 17.6 Å². The number of carbonyl (C=O) groups excluding carboxylic acids is 3. The predicted molar refractivity (Wildman–Crippen MR) is 138 cm³/mol. The van der Waals surface area contributed by atoms with Gasteiger partial charge in [0.2, 0.25) is 0 Å². The molecular formula is C24H23ClN6O5. The van der Waals surface area contributed by atoms with E-state index in [-0.39, 0.29) is 23.9 Å². The zero-order valence-corrected chi connectivity index (χ0v) is 19.9. The first-order valence-corrected chi connectivity index (χ1v) is 11.3. The molecule has 1 aliphatic rings. The average Bonchev–Trinajstić information content (AvgIpc) is 2.83. The number of primary amides is 1. The number of H-pyrrole nitrogens is 1. The Morgan fingerprint density at radius 2 is 1.81 bits per heavy atom. The summed E-state index contributed by atoms with van der Waals surface area (Å²) in [5.41, 5.74) is 7.41. The van der Waals surface area contributed by atoms with Gasteiger partial charge in [0, 0.05) is 34.7 Å². The van der Waals surface area contributed by atoms with E-state index in [4.69, 9.17) is 22.1 Å². The summed E-state index contributed by atoms with van der Waals surface area (Å²) in [6.07, 6.45) is 1.41. The van der Waals surface area contributed by atoms with Crippen molar-refractivity contribution in [3.05, 3.63) is 69.6 Å². The van der Waals surface area contributed by atoms with Gasteiger partial charge in [-0.1, -0.05) is 23.7 Å². The van der Waals surface area contributed by atoms with Crippen LogP contribution in [0, 0.1) is 6.92 Å². The summed E-state index contributed by atoms with van der Waals surface area (Å²) in [7, 11) is 0. The van der Waals surface area contributed by atoms with E-state index in [1.807, 2.05) is 6.92 Å². The Labute approximate surface area is 210 Å². The minimum Gasteiger partial charge on any atom is -0.370 e. The third-order valence-electron chi connectivity index (χ3n) is 5.47. The fourth-order valence-electron chi connectivity index (χ4n) is 3.84. The molecule has 4 rings (SSSR count). The van der Waals surface area contributed by atoms with Gasteiger partial charge in [-0.25, -0.2) is 9.59 Å². The third kappa shape index (κ3) is 5.48. The highest BCUT2D eigenvalue weighted by Crippen LogP contribution is 2.32. The minimum absolute atomic E-state index is 0.0235. The second-order valence-electron chi connectivity index (χ2n) is 7.96. The lowest BCUT2D eigenvalue weighted by molar-refractivity contribution is -0.125. The van der Waals surface area contributed by atoms with E-state index in [0.717, 1.165) is 11.3 Å². The van der Waals surface area contributed by atoms with E-state index >= 15 is 0 Å². The quantitative estimate of drug-likeness (QED) is 0.354. The number of anilines is 4. The molecule has 0 atom stereocenters. The maximum absolute atomic E-state index is 12.9. The number of hydrogen-bond donors (Lipinski definition) is 5. The molecular weight excluding hydrogens is 488 g/mol. The first-order chi connectivity index (χ1) is 17.2. The van der Waals surface area contributed by atoms with Gasteiger partial charge >= 0.3 is 12.1 Å². The van der Waals surface area contributed by atoms with Crippen molar-refractivity contribution in [2.24, 2.45) is 5.73 Å². The van der Waals surface area contributed by atoms with Gasteiger partial charge in [-0.05, 0) is 48.4 Å². The first-order valence-electron chi connectivity index (χ1n) is 10.9. The highest BCUT2D eigenvalue weighted by atomic mass is 35.5. The zero-order valence-electron chi connectivity index (χ0n) is 19.2. The highest BCUT2D eigenvalue weighted by Gasteiger charge is 2.22. The third-order valence-corrected chi connectivity index (χ3v) is 5.72. The molecule has 0 aliphatic carbocycles. The summed E-state index contributed by atoms with van der Waals surface area (Å²) in [4.78, 5) is 53.3. The number of nitrogens with two attached hydrogens (primary N) is 1. The summed E-state index contributed by atoms with van der Waals surface area (Å²) in [5.74, 6) is -0.138. The number of aromatic nitrogens is 1. The van der Waals surface area contributed by atoms with E-state index in [0.29, 0.717) is 35.0 Å². The summed E-state index contributed by atoms with van der Waals surface area (Å²) >= 11 is 5.98. The molecule has 11 nitrogen and oxygen atoms in total. The van der Waals surface area contributed by atoms with Crippen LogP contribution < -0.4 is 32.1 Å². The SMILES string of the molecule is Cc1cc(NC(=O)Nc2c(-c3ccc(Cl)cc3)c[nH]c(=O)c2NC(N)=O)ccc1N1CCOCC1=O. The van der Waals surface area contributed by atoms with Crippen LogP contribution in [0.4, 0.5) is 32.3 Å². The fraction of sp³-hybridized carbons (Fsp3) is 0.167. The second-order valence-corrected chi connectivity index (χ2v) is 8.39. The van der Waals surface area contributed by atoms with Crippen molar-refractivity contribution in [1.29, 1.82) is 0 Å². The summed E-state index contributed by atoms with van der Waals surface area (Å²) in [5, 5.41) is 8.11. The number of carbonyl (C=O) groups is 3. The normalized spacial score (nSPS) is 13.3. The van der Waals surface area contributed by atoms with Gasteiger partial charge in [0.25, 0.3) is 11.5 Å². The van der Waals surface area contributed by atoms with Crippen LogP contribution in [0.1, 0.15) is 5.56 Å². The molecule has 2 aromatic carbocycles. The number of aryl methyl sites for hydroxylation is 1. The zero-order chi connectivity index (χ0) is 25.8. The van der Waals surface area contributed by atoms with Crippen molar-refractivity contribution in [3.8, 4) is 11.1 Å². The first kappa shape index (κ1) is 24.8. The molecule has 0 radical (unpaired) electrons. The average molecular weight is 511 g/mol. The molecule has 36 heavy (non-hydrogen) atoms. The largest absolute Gasteiger partial charge is 0.370 e. The van der Waals surface area contributed by atoms with Crippen molar-refractivity contribution in [1.82, 2.24) is 4.98 Å². The molecule has 5 amide bonds. The Morgan fingerprint density at radius 3 is 2.47 bits per heavy atom. The highest BCUT2D eigenvalue weighted by molar-refractivity contribution is 6.30. The number of nitrogens with one attached hydrogen (secondary N) is 4. The van der Waals surface area contributed by atoms with Crippen molar-refractivity contribution < 1.29 is 19.1 Å². The second kappa shape index (κ2) is 10.5. The maximum Gasteiger partial charge on any atom is 0.323 e. The number of urea groups is 2. The lowest BCUT2D eigenvalue weighted by Gasteiger charge is -2.28. The molecule has 186 valence electrons. The Morgan fingerprint density at radius 1 is 1.06 bits per heavy atom. The topological polar surface area (TPSA) is 159 Å². The van der Waals surface area contributed by atoms with Gasteiger partial charge < -0.3 is 36.3 Å². The number of pyridine rings is 1. The smallest absolute Gasteiger partial charge is 0.323 e. The molecule has 0 saturated carbocycles. The lowest BCUT2D eigenvalue weighted by atomic mass is 10.0. The Kier molecular flexibility index (Phi) is 7.23. The van der Waals surface area contributed by atoms with Crippen LogP contribution in [0.25, 0.3) is 11.1 Å². The summed E-state index contributed by atoms with van der Waals surface area (Å²) < 4.78 is 5.17. The number of aromatic amines is 1. The molecule has 6 N–H and O–H groups in total. The number of rotatable bonds is 5. The van der Waals surface area contributed by atoms with E-state index in [2.05, 4.69) is 20.9 Å². The molecule has 1 saturated heterocycles. The van der Waals surface area contributed by atoms with Crippen LogP contribution in [0.2, 0.25) is 5.02 Å². The Bertz CT molecular complexity index is 1390. The predicted octanol–water partition coefficient (Wildman–Crippen LogP) is 3.50. The monoisotopic (exact) mass is 510 g/mol. The van der Waals surface area contributed by atoms with Crippen LogP contribution in [0.5, 0.6) is 0 Å². The summed E-state index contributed by atoms with van der Waals surface area (Å²) in [6.45, 7) is 2.74. The van der Waals surface area contributed by atoms with Gasteiger partial charge in [0.05, 0.1) is 12.3 Å². The Balaban J connectivity index is 1.61. The minimum atomic E-state index is -0.971. The molecule has 1 aliphatic heterocycles. The van der Waals surface area contributed by atoms with Gasteiger partial charge in [0.1, 0.15) is 12.3 Å². The number of nitrogens with zero attached hydrogens (tertiary/aromatic N) is 1. The molecule has 0 bridgehead atoms. The van der Waals surface area contributed by atoms with Gasteiger partial charge in [-0.3, -0.25) is 9.59 Å². The molecule has 3 aromatic rings. The lowest BCUT2D eigenvalue weighted by Crippen LogP contribution is -2.42. The number of hydrogen-bond acceptors (Lipinski definition) is 5. The number of benzene rings is 2. The molecule has 0 spiro atoms. The standard InChI is InChI=1S/C24H23ClN6O5/c1-13-10-16(6-7-18(13)31-8-9-36-12-19(31)32)28-24(35)30-20-17(14-2-4-15(25)5-3-14)11-27-22(33)21(20)29-23(26)34/h2-7,10-11H,8-9,12H2,1H3,(H3,26,29,34)(H3,27,28,30,33,35). The van der Waals surface area contributed by atoms with E-state index in [9.17, 15) is 19.2 Å². The van der Waals surface area contributed by atoms with Gasteiger partial charge in [-0.15, -0.1) is 0 Å². The van der Waals surface area contributed by atoms with Crippen LogP contribution in [0.3, 0.4) is 0 Å². The molecule has 1 aromatic heterocycles. The van der Waals surface area contributed by atoms with Crippen LogP contribution >= 0.6 is 11.6 Å². The number of amides is 5. The van der Waals surface area contributed by atoms with Crippen LogP contribution in [0.15, 0.2) is 53.5 Å². The maximum atomic E-state index is 12.9. The van der Waals surface area contributed by atoms with Crippen LogP contribution in [-0.4, -0.2) is 42.7 Å². The molecule has 0 unspecified atom stereocenters. The van der Waals surface area contributed by atoms with Crippen LogP contribution in [-0.2, 0) is 9.53 Å². The molecule has 1 fully saturated rings. The summed E-state index contributed by atoms with van der Waals surface area (Å²) in [6, 6.07) is 10.2. The number of halogens is 1. The van der Waals surface area contributed by atoms with Gasteiger partial charge in [0.15, 0.2) is 0 Å². The van der Waals surface area contributed by atoms with Gasteiger partial charge in [-0.2, -0.15) is 0 Å². The van der Waals surface area contributed by atoms with E-state index in [1.54, 1.807) is 47.4 Å².